The van der Waals surface area contributed by atoms with Gasteiger partial charge >= 0.3 is 5.97 Å². The number of unbranched alkanes of at least 4 members (excludes halogenated alkanes) is 1. The van der Waals surface area contributed by atoms with Crippen LogP contribution in [0.2, 0.25) is 0 Å². The van der Waals surface area contributed by atoms with Gasteiger partial charge in [0.2, 0.25) is 5.91 Å². The van der Waals surface area contributed by atoms with Crippen molar-refractivity contribution in [1.82, 2.24) is 0 Å². The Hall–Kier alpha value is -3.35. The Bertz CT molecular complexity index is 801. The standard InChI is InChI=1S/C21H24N2O5/c1-3-4-13-27-21(26)16-5-11-19(12-6-16)28-14-20(25)23-18-9-7-17(8-10-18)22-15(2)24/h5-12H,3-4,13-14H2,1-2H3,(H,22,24)(H,23,25). The predicted octanol–water partition coefficient (Wildman–Crippen LogP) is 3.62. The summed E-state index contributed by atoms with van der Waals surface area (Å²) >= 11 is 0. The molecule has 2 amide bonds. The summed E-state index contributed by atoms with van der Waals surface area (Å²) in [6.07, 6.45) is 1.79. The van der Waals surface area contributed by atoms with Gasteiger partial charge in [-0.2, -0.15) is 0 Å². The molecule has 0 aromatic heterocycles. The number of anilines is 2. The number of hydrogen-bond donors (Lipinski definition) is 2. The number of benzene rings is 2. The molecule has 0 unspecified atom stereocenters. The van der Waals surface area contributed by atoms with Crippen molar-refractivity contribution in [1.29, 1.82) is 0 Å². The number of amides is 2. The first-order chi connectivity index (χ1) is 13.5. The van der Waals surface area contributed by atoms with Crippen LogP contribution in [0.4, 0.5) is 11.4 Å². The average molecular weight is 384 g/mol. The van der Waals surface area contributed by atoms with Crippen molar-refractivity contribution in [2.45, 2.75) is 26.7 Å². The molecule has 0 atom stereocenters. The van der Waals surface area contributed by atoms with Gasteiger partial charge < -0.3 is 20.1 Å². The van der Waals surface area contributed by atoms with Crippen molar-refractivity contribution < 1.29 is 23.9 Å². The summed E-state index contributed by atoms with van der Waals surface area (Å²) in [5.41, 5.74) is 1.68. The number of esters is 1. The fraction of sp³-hybridized carbons (Fsp3) is 0.286. The highest BCUT2D eigenvalue weighted by atomic mass is 16.5. The molecule has 0 aliphatic rings. The highest BCUT2D eigenvalue weighted by Crippen LogP contribution is 2.15. The number of rotatable bonds is 9. The molecule has 2 rings (SSSR count). The lowest BCUT2D eigenvalue weighted by molar-refractivity contribution is -0.118. The van der Waals surface area contributed by atoms with Crippen molar-refractivity contribution in [3.8, 4) is 5.75 Å². The van der Waals surface area contributed by atoms with Crippen LogP contribution in [-0.4, -0.2) is 31.0 Å². The third-order valence-electron chi connectivity index (χ3n) is 3.68. The molecule has 2 aromatic rings. The molecule has 0 saturated carbocycles. The molecule has 28 heavy (non-hydrogen) atoms. The fourth-order valence-electron chi connectivity index (χ4n) is 2.27. The van der Waals surface area contributed by atoms with Gasteiger partial charge in [-0.05, 0) is 55.0 Å². The van der Waals surface area contributed by atoms with Crippen LogP contribution in [0.25, 0.3) is 0 Å². The second-order valence-electron chi connectivity index (χ2n) is 6.11. The normalized spacial score (nSPS) is 10.1. The number of hydrogen-bond acceptors (Lipinski definition) is 5. The van der Waals surface area contributed by atoms with Gasteiger partial charge in [0.05, 0.1) is 12.2 Å². The van der Waals surface area contributed by atoms with Crippen molar-refractivity contribution in [3.63, 3.8) is 0 Å². The van der Waals surface area contributed by atoms with Gasteiger partial charge in [-0.3, -0.25) is 9.59 Å². The van der Waals surface area contributed by atoms with Crippen molar-refractivity contribution in [2.75, 3.05) is 23.8 Å². The lowest BCUT2D eigenvalue weighted by atomic mass is 10.2. The molecule has 0 spiro atoms. The molecular formula is C21H24N2O5. The summed E-state index contributed by atoms with van der Waals surface area (Å²) in [6.45, 7) is 3.68. The zero-order valence-electron chi connectivity index (χ0n) is 16.0. The molecule has 2 N–H and O–H groups in total. The van der Waals surface area contributed by atoms with E-state index in [2.05, 4.69) is 10.6 Å². The van der Waals surface area contributed by atoms with E-state index in [0.717, 1.165) is 12.8 Å². The van der Waals surface area contributed by atoms with Gasteiger partial charge in [0, 0.05) is 18.3 Å². The first kappa shape index (κ1) is 21.0. The second-order valence-corrected chi connectivity index (χ2v) is 6.11. The molecule has 0 bridgehead atoms. The van der Waals surface area contributed by atoms with Gasteiger partial charge in [0.1, 0.15) is 5.75 Å². The first-order valence-corrected chi connectivity index (χ1v) is 9.05. The maximum Gasteiger partial charge on any atom is 0.338 e. The van der Waals surface area contributed by atoms with Crippen molar-refractivity contribution in [2.24, 2.45) is 0 Å². The monoisotopic (exact) mass is 384 g/mol. The summed E-state index contributed by atoms with van der Waals surface area (Å²) in [7, 11) is 0. The Labute approximate surface area is 164 Å². The van der Waals surface area contributed by atoms with Gasteiger partial charge in [-0.15, -0.1) is 0 Å². The SMILES string of the molecule is CCCCOC(=O)c1ccc(OCC(=O)Nc2ccc(NC(C)=O)cc2)cc1. The molecule has 0 fully saturated rings. The first-order valence-electron chi connectivity index (χ1n) is 9.05. The van der Waals surface area contributed by atoms with Crippen LogP contribution in [0.15, 0.2) is 48.5 Å². The summed E-state index contributed by atoms with van der Waals surface area (Å²) in [5.74, 6) is -0.387. The Morgan fingerprint density at radius 1 is 0.893 bits per heavy atom. The molecule has 0 heterocycles. The quantitative estimate of drug-likeness (QED) is 0.509. The number of ether oxygens (including phenoxy) is 2. The Morgan fingerprint density at radius 3 is 2.07 bits per heavy atom. The minimum Gasteiger partial charge on any atom is -0.484 e. The maximum atomic E-state index is 12.0. The van der Waals surface area contributed by atoms with E-state index in [-0.39, 0.29) is 24.4 Å². The smallest absolute Gasteiger partial charge is 0.338 e. The van der Waals surface area contributed by atoms with E-state index < -0.39 is 0 Å². The summed E-state index contributed by atoms with van der Waals surface area (Å²) in [6, 6.07) is 13.2. The Kier molecular flexibility index (Phi) is 8.02. The second kappa shape index (κ2) is 10.7. The van der Waals surface area contributed by atoms with E-state index in [9.17, 15) is 14.4 Å². The third-order valence-corrected chi connectivity index (χ3v) is 3.68. The van der Waals surface area contributed by atoms with E-state index >= 15 is 0 Å². The zero-order valence-corrected chi connectivity index (χ0v) is 16.0. The van der Waals surface area contributed by atoms with Gasteiger partial charge in [-0.25, -0.2) is 4.79 Å². The Balaban J connectivity index is 1.79. The molecule has 2 aromatic carbocycles. The molecule has 7 nitrogen and oxygen atoms in total. The van der Waals surface area contributed by atoms with Crippen LogP contribution in [-0.2, 0) is 14.3 Å². The zero-order chi connectivity index (χ0) is 20.4. The van der Waals surface area contributed by atoms with Crippen LogP contribution in [0.3, 0.4) is 0 Å². The summed E-state index contributed by atoms with van der Waals surface area (Å²) in [5, 5.41) is 5.35. The number of nitrogens with one attached hydrogen (secondary N) is 2. The largest absolute Gasteiger partial charge is 0.484 e. The van der Waals surface area contributed by atoms with Crippen LogP contribution in [0.1, 0.15) is 37.0 Å². The van der Waals surface area contributed by atoms with Gasteiger partial charge in [-0.1, -0.05) is 13.3 Å². The van der Waals surface area contributed by atoms with E-state index in [1.54, 1.807) is 48.5 Å². The summed E-state index contributed by atoms with van der Waals surface area (Å²) < 4.78 is 10.6. The molecule has 0 saturated heterocycles. The van der Waals surface area contributed by atoms with Crippen LogP contribution in [0, 0.1) is 0 Å². The minimum absolute atomic E-state index is 0.162. The van der Waals surface area contributed by atoms with E-state index in [1.807, 2.05) is 6.92 Å². The van der Waals surface area contributed by atoms with Crippen LogP contribution >= 0.6 is 0 Å². The lowest BCUT2D eigenvalue weighted by Crippen LogP contribution is -2.20. The Morgan fingerprint density at radius 2 is 1.50 bits per heavy atom. The van der Waals surface area contributed by atoms with Crippen molar-refractivity contribution in [3.05, 3.63) is 54.1 Å². The van der Waals surface area contributed by atoms with E-state index in [1.165, 1.54) is 6.92 Å². The van der Waals surface area contributed by atoms with Crippen molar-refractivity contribution >= 4 is 29.2 Å². The predicted molar refractivity (Wildman–Crippen MR) is 107 cm³/mol. The third kappa shape index (κ3) is 7.11. The molecule has 0 aliphatic carbocycles. The molecule has 148 valence electrons. The maximum absolute atomic E-state index is 12.0. The van der Waals surface area contributed by atoms with Crippen LogP contribution < -0.4 is 15.4 Å². The van der Waals surface area contributed by atoms with E-state index in [4.69, 9.17) is 9.47 Å². The van der Waals surface area contributed by atoms with E-state index in [0.29, 0.717) is 29.3 Å². The number of carbonyl (C=O) groups excluding carboxylic acids is 3. The minimum atomic E-state index is -0.375. The highest BCUT2D eigenvalue weighted by molar-refractivity contribution is 5.93. The fourth-order valence-corrected chi connectivity index (χ4v) is 2.27. The highest BCUT2D eigenvalue weighted by Gasteiger charge is 2.08. The summed E-state index contributed by atoms with van der Waals surface area (Å²) in [4.78, 5) is 34.8. The molecule has 7 heteroatoms. The average Bonchev–Trinajstić information content (AvgIpc) is 2.68. The van der Waals surface area contributed by atoms with Crippen LogP contribution in [0.5, 0.6) is 5.75 Å². The molecular weight excluding hydrogens is 360 g/mol. The topological polar surface area (TPSA) is 93.7 Å². The molecule has 0 radical (unpaired) electrons. The number of carbonyl (C=O) groups is 3. The lowest BCUT2D eigenvalue weighted by Gasteiger charge is -2.09. The van der Waals surface area contributed by atoms with Gasteiger partial charge in [0.15, 0.2) is 6.61 Å². The molecule has 0 aliphatic heterocycles. The van der Waals surface area contributed by atoms with Gasteiger partial charge in [0.25, 0.3) is 5.91 Å².